The smallest absolute Gasteiger partial charge is 0.251 e. The zero-order chi connectivity index (χ0) is 13.0. The number of phenolic OH excluding ortho intramolecular Hbond substituents is 1. The third kappa shape index (κ3) is 3.59. The van der Waals surface area contributed by atoms with Gasteiger partial charge >= 0.3 is 0 Å². The van der Waals surface area contributed by atoms with Gasteiger partial charge in [0, 0.05) is 34.6 Å². The van der Waals surface area contributed by atoms with E-state index in [1.807, 2.05) is 30.4 Å². The third-order valence-corrected chi connectivity index (χ3v) is 5.69. The van der Waals surface area contributed by atoms with Crippen LogP contribution >= 0.6 is 23.5 Å². The van der Waals surface area contributed by atoms with E-state index in [9.17, 15) is 9.90 Å². The predicted molar refractivity (Wildman–Crippen MR) is 78.7 cm³/mol. The number of nitrogens with one attached hydrogen (secondary N) is 1. The molecule has 0 saturated carbocycles. The molecule has 2 rings (SSSR count). The first-order chi connectivity index (χ1) is 8.66. The number of aryl methyl sites for hydroxylation is 1. The van der Waals surface area contributed by atoms with Crippen LogP contribution in [0, 0.1) is 6.92 Å². The Balaban J connectivity index is 1.88. The van der Waals surface area contributed by atoms with Crippen LogP contribution in [0.25, 0.3) is 0 Å². The average Bonchev–Trinajstić information content (AvgIpc) is 2.40. The van der Waals surface area contributed by atoms with Crippen LogP contribution in [0.1, 0.15) is 15.9 Å². The van der Waals surface area contributed by atoms with Crippen molar-refractivity contribution in [3.8, 4) is 5.75 Å². The van der Waals surface area contributed by atoms with Crippen LogP contribution in [0.5, 0.6) is 5.75 Å². The molecule has 0 spiro atoms. The Kier molecular flexibility index (Phi) is 4.83. The molecule has 1 amide bonds. The molecule has 1 heterocycles. The number of aromatic hydroxyl groups is 1. The molecule has 0 radical (unpaired) electrons. The van der Waals surface area contributed by atoms with Gasteiger partial charge in [0.25, 0.3) is 5.91 Å². The lowest BCUT2D eigenvalue weighted by molar-refractivity contribution is 0.0954. The zero-order valence-corrected chi connectivity index (χ0v) is 11.9. The first-order valence-corrected chi connectivity index (χ1v) is 8.14. The number of thioether (sulfide) groups is 2. The van der Waals surface area contributed by atoms with E-state index in [1.54, 1.807) is 12.1 Å². The fraction of sp³-hybridized carbons (Fsp3) is 0.462. The van der Waals surface area contributed by atoms with E-state index in [2.05, 4.69) is 5.32 Å². The number of rotatable bonds is 3. The quantitative estimate of drug-likeness (QED) is 0.893. The summed E-state index contributed by atoms with van der Waals surface area (Å²) in [5.74, 6) is 3.54. The molecule has 3 nitrogen and oxygen atoms in total. The summed E-state index contributed by atoms with van der Waals surface area (Å²) in [6.07, 6.45) is 0. The van der Waals surface area contributed by atoms with Crippen LogP contribution in [-0.4, -0.2) is 40.1 Å². The summed E-state index contributed by atoms with van der Waals surface area (Å²) in [5, 5.41) is 13.0. The standard InChI is InChI=1S/C13H17NO2S2/c1-9-2-3-10(6-12(9)15)13(16)14-7-11-8-17-4-5-18-11/h2-3,6,11,15H,4-5,7-8H2,1H3,(H,14,16). The first-order valence-electron chi connectivity index (χ1n) is 5.94. The second-order valence-corrected chi connectivity index (χ2v) is 6.84. The summed E-state index contributed by atoms with van der Waals surface area (Å²) in [5.41, 5.74) is 1.30. The fourth-order valence-electron chi connectivity index (χ4n) is 1.71. The van der Waals surface area contributed by atoms with Crippen LogP contribution in [0.2, 0.25) is 0 Å². The Morgan fingerprint density at radius 2 is 2.33 bits per heavy atom. The minimum absolute atomic E-state index is 0.110. The van der Waals surface area contributed by atoms with Crippen molar-refractivity contribution < 1.29 is 9.90 Å². The van der Waals surface area contributed by atoms with E-state index >= 15 is 0 Å². The Hall–Kier alpha value is -0.810. The highest BCUT2D eigenvalue weighted by Crippen LogP contribution is 2.23. The summed E-state index contributed by atoms with van der Waals surface area (Å²) < 4.78 is 0. The maximum atomic E-state index is 11.9. The average molecular weight is 283 g/mol. The van der Waals surface area contributed by atoms with Gasteiger partial charge in [-0.3, -0.25) is 4.79 Å². The molecule has 98 valence electrons. The lowest BCUT2D eigenvalue weighted by atomic mass is 10.1. The third-order valence-electron chi connectivity index (χ3n) is 2.85. The lowest BCUT2D eigenvalue weighted by Gasteiger charge is -2.21. The van der Waals surface area contributed by atoms with Crippen molar-refractivity contribution in [3.05, 3.63) is 29.3 Å². The zero-order valence-electron chi connectivity index (χ0n) is 10.3. The van der Waals surface area contributed by atoms with Gasteiger partial charge in [-0.1, -0.05) is 6.07 Å². The van der Waals surface area contributed by atoms with Gasteiger partial charge in [0.1, 0.15) is 5.75 Å². The highest BCUT2D eigenvalue weighted by Gasteiger charge is 2.15. The Morgan fingerprint density at radius 3 is 3.00 bits per heavy atom. The molecule has 0 aliphatic carbocycles. The Labute approximate surface area is 116 Å². The van der Waals surface area contributed by atoms with Crippen LogP contribution in [0.3, 0.4) is 0 Å². The fourth-order valence-corrected chi connectivity index (χ4v) is 4.33. The molecule has 1 saturated heterocycles. The molecule has 5 heteroatoms. The number of hydrogen-bond donors (Lipinski definition) is 2. The molecule has 1 aromatic carbocycles. The number of phenols is 1. The molecule has 1 aromatic rings. The predicted octanol–water partition coefficient (Wildman–Crippen LogP) is 2.28. The minimum atomic E-state index is -0.110. The van der Waals surface area contributed by atoms with Gasteiger partial charge in [-0.2, -0.15) is 23.5 Å². The van der Waals surface area contributed by atoms with E-state index in [0.717, 1.165) is 17.1 Å². The van der Waals surface area contributed by atoms with Crippen molar-refractivity contribution in [2.75, 3.05) is 23.8 Å². The van der Waals surface area contributed by atoms with Crippen molar-refractivity contribution >= 4 is 29.4 Å². The minimum Gasteiger partial charge on any atom is -0.508 e. The summed E-state index contributed by atoms with van der Waals surface area (Å²) in [4.78, 5) is 11.9. The number of carbonyl (C=O) groups excluding carboxylic acids is 1. The van der Waals surface area contributed by atoms with Crippen molar-refractivity contribution in [3.63, 3.8) is 0 Å². The summed E-state index contributed by atoms with van der Waals surface area (Å²) in [6, 6.07) is 5.02. The maximum absolute atomic E-state index is 11.9. The molecule has 0 aromatic heterocycles. The Morgan fingerprint density at radius 1 is 1.50 bits per heavy atom. The van der Waals surface area contributed by atoms with Gasteiger partial charge in [0.05, 0.1) is 0 Å². The number of benzene rings is 1. The van der Waals surface area contributed by atoms with Crippen molar-refractivity contribution in [1.82, 2.24) is 5.32 Å². The molecule has 1 aliphatic rings. The van der Waals surface area contributed by atoms with Gasteiger partial charge in [-0.25, -0.2) is 0 Å². The summed E-state index contributed by atoms with van der Waals surface area (Å²) in [7, 11) is 0. The van der Waals surface area contributed by atoms with E-state index in [0.29, 0.717) is 17.4 Å². The van der Waals surface area contributed by atoms with E-state index in [4.69, 9.17) is 0 Å². The SMILES string of the molecule is Cc1ccc(C(=O)NCC2CSCCS2)cc1O. The van der Waals surface area contributed by atoms with Crippen LogP contribution in [-0.2, 0) is 0 Å². The molecule has 1 atom stereocenters. The van der Waals surface area contributed by atoms with Gasteiger partial charge in [0.15, 0.2) is 0 Å². The summed E-state index contributed by atoms with van der Waals surface area (Å²) in [6.45, 7) is 2.51. The molecule has 1 fully saturated rings. The topological polar surface area (TPSA) is 49.3 Å². The molecule has 2 N–H and O–H groups in total. The first kappa shape index (κ1) is 13.6. The normalized spacial score (nSPS) is 19.5. The van der Waals surface area contributed by atoms with Gasteiger partial charge < -0.3 is 10.4 Å². The lowest BCUT2D eigenvalue weighted by Crippen LogP contribution is -2.33. The molecular weight excluding hydrogens is 266 g/mol. The van der Waals surface area contributed by atoms with Gasteiger partial charge in [0.2, 0.25) is 0 Å². The number of carbonyl (C=O) groups is 1. The van der Waals surface area contributed by atoms with Crippen molar-refractivity contribution in [2.24, 2.45) is 0 Å². The highest BCUT2D eigenvalue weighted by atomic mass is 32.2. The molecular formula is C13H17NO2S2. The van der Waals surface area contributed by atoms with Gasteiger partial charge in [-0.15, -0.1) is 0 Å². The van der Waals surface area contributed by atoms with Crippen LogP contribution in [0.4, 0.5) is 0 Å². The second-order valence-electron chi connectivity index (χ2n) is 4.28. The highest BCUT2D eigenvalue weighted by molar-refractivity contribution is 8.06. The number of hydrogen-bond acceptors (Lipinski definition) is 4. The van der Waals surface area contributed by atoms with E-state index in [1.165, 1.54) is 11.8 Å². The van der Waals surface area contributed by atoms with Crippen molar-refractivity contribution in [1.29, 1.82) is 0 Å². The van der Waals surface area contributed by atoms with Crippen LogP contribution < -0.4 is 5.32 Å². The largest absolute Gasteiger partial charge is 0.508 e. The molecule has 0 bridgehead atoms. The number of amides is 1. The molecule has 18 heavy (non-hydrogen) atoms. The second kappa shape index (κ2) is 6.38. The van der Waals surface area contributed by atoms with E-state index in [-0.39, 0.29) is 11.7 Å². The monoisotopic (exact) mass is 283 g/mol. The van der Waals surface area contributed by atoms with Gasteiger partial charge in [-0.05, 0) is 24.6 Å². The van der Waals surface area contributed by atoms with E-state index < -0.39 is 0 Å². The Bertz CT molecular complexity index is 431. The molecule has 1 aliphatic heterocycles. The van der Waals surface area contributed by atoms with Crippen LogP contribution in [0.15, 0.2) is 18.2 Å². The molecule has 1 unspecified atom stereocenters. The summed E-state index contributed by atoms with van der Waals surface area (Å²) >= 11 is 3.86. The van der Waals surface area contributed by atoms with Crippen molar-refractivity contribution in [2.45, 2.75) is 12.2 Å². The maximum Gasteiger partial charge on any atom is 0.251 e.